The van der Waals surface area contributed by atoms with E-state index >= 15 is 0 Å². The van der Waals surface area contributed by atoms with E-state index in [0.717, 1.165) is 0 Å². The van der Waals surface area contributed by atoms with E-state index in [1.807, 2.05) is 13.8 Å². The lowest BCUT2D eigenvalue weighted by Gasteiger charge is -2.28. The third-order valence-corrected chi connectivity index (χ3v) is 4.23. The van der Waals surface area contributed by atoms with Crippen LogP contribution in [-0.2, 0) is 14.4 Å². The standard InChI is InChI=1S/C17H22ClN3O3/c1-4-15(22)20(12(2)3)10-16(23)19-9-17(24)21(11-19)14-7-5-13(18)6-8-14/h5-8,12H,4,9-11H2,1-3H3. The first-order chi connectivity index (χ1) is 11.3. The molecule has 24 heavy (non-hydrogen) atoms. The van der Waals surface area contributed by atoms with Crippen LogP contribution in [0.15, 0.2) is 24.3 Å². The molecule has 0 unspecified atom stereocenters. The van der Waals surface area contributed by atoms with Gasteiger partial charge >= 0.3 is 0 Å². The van der Waals surface area contributed by atoms with Crippen LogP contribution >= 0.6 is 11.6 Å². The van der Waals surface area contributed by atoms with Crippen LogP contribution in [0.5, 0.6) is 0 Å². The quantitative estimate of drug-likeness (QED) is 0.816. The Morgan fingerprint density at radius 2 is 1.88 bits per heavy atom. The van der Waals surface area contributed by atoms with Gasteiger partial charge in [0, 0.05) is 23.2 Å². The fourth-order valence-corrected chi connectivity index (χ4v) is 2.70. The molecule has 0 aliphatic carbocycles. The monoisotopic (exact) mass is 351 g/mol. The van der Waals surface area contributed by atoms with Crippen molar-refractivity contribution in [3.63, 3.8) is 0 Å². The van der Waals surface area contributed by atoms with Crippen molar-refractivity contribution >= 4 is 35.0 Å². The zero-order chi connectivity index (χ0) is 17.9. The molecule has 0 N–H and O–H groups in total. The summed E-state index contributed by atoms with van der Waals surface area (Å²) in [5.41, 5.74) is 0.699. The molecule has 0 bridgehead atoms. The van der Waals surface area contributed by atoms with E-state index < -0.39 is 0 Å². The van der Waals surface area contributed by atoms with Gasteiger partial charge in [-0.05, 0) is 38.1 Å². The van der Waals surface area contributed by atoms with Crippen molar-refractivity contribution in [3.8, 4) is 0 Å². The van der Waals surface area contributed by atoms with E-state index in [2.05, 4.69) is 0 Å². The molecule has 7 heteroatoms. The van der Waals surface area contributed by atoms with Gasteiger partial charge in [-0.25, -0.2) is 0 Å². The first kappa shape index (κ1) is 18.3. The second-order valence-electron chi connectivity index (χ2n) is 6.00. The van der Waals surface area contributed by atoms with E-state index in [1.165, 1.54) is 14.7 Å². The van der Waals surface area contributed by atoms with Crippen LogP contribution in [0.25, 0.3) is 0 Å². The smallest absolute Gasteiger partial charge is 0.248 e. The fourth-order valence-electron chi connectivity index (χ4n) is 2.57. The van der Waals surface area contributed by atoms with Crippen LogP contribution in [0.4, 0.5) is 5.69 Å². The van der Waals surface area contributed by atoms with Crippen LogP contribution in [0, 0.1) is 0 Å². The molecule has 3 amide bonds. The zero-order valence-corrected chi connectivity index (χ0v) is 14.9. The molecule has 0 saturated carbocycles. The van der Waals surface area contributed by atoms with E-state index in [9.17, 15) is 14.4 Å². The van der Waals surface area contributed by atoms with Crippen LogP contribution in [-0.4, -0.2) is 53.3 Å². The molecule has 1 fully saturated rings. The Kier molecular flexibility index (Phi) is 5.83. The minimum Gasteiger partial charge on any atom is -0.331 e. The molecule has 1 aromatic carbocycles. The molecule has 2 rings (SSSR count). The molecule has 0 radical (unpaired) electrons. The predicted molar refractivity (Wildman–Crippen MR) is 92.7 cm³/mol. The topological polar surface area (TPSA) is 60.9 Å². The maximum absolute atomic E-state index is 12.5. The third kappa shape index (κ3) is 4.06. The van der Waals surface area contributed by atoms with E-state index in [4.69, 9.17) is 11.6 Å². The Bertz CT molecular complexity index is 630. The van der Waals surface area contributed by atoms with Gasteiger partial charge in [0.2, 0.25) is 17.7 Å². The highest BCUT2D eigenvalue weighted by Crippen LogP contribution is 2.22. The summed E-state index contributed by atoms with van der Waals surface area (Å²) in [6.07, 6.45) is 0.349. The average molecular weight is 352 g/mol. The maximum atomic E-state index is 12.5. The number of carbonyl (C=O) groups is 3. The molecular formula is C17H22ClN3O3. The molecule has 0 spiro atoms. The Labute approximate surface area is 147 Å². The summed E-state index contributed by atoms with van der Waals surface area (Å²) in [5, 5.41) is 0.587. The number of halogens is 1. The molecule has 130 valence electrons. The van der Waals surface area contributed by atoms with E-state index in [-0.39, 0.29) is 43.5 Å². The van der Waals surface area contributed by atoms with Crippen LogP contribution < -0.4 is 4.90 Å². The van der Waals surface area contributed by atoms with Crippen LogP contribution in [0.1, 0.15) is 27.2 Å². The van der Waals surface area contributed by atoms with Crippen molar-refractivity contribution in [2.45, 2.75) is 33.2 Å². The normalized spacial score (nSPS) is 14.5. The number of carbonyl (C=O) groups excluding carboxylic acids is 3. The molecular weight excluding hydrogens is 330 g/mol. The highest BCUT2D eigenvalue weighted by molar-refractivity contribution is 6.30. The Balaban J connectivity index is 2.05. The van der Waals surface area contributed by atoms with Crippen molar-refractivity contribution in [1.82, 2.24) is 9.80 Å². The molecule has 1 aliphatic heterocycles. The summed E-state index contributed by atoms with van der Waals surface area (Å²) < 4.78 is 0. The van der Waals surface area contributed by atoms with Gasteiger partial charge in [-0.15, -0.1) is 0 Å². The molecule has 0 aromatic heterocycles. The molecule has 1 saturated heterocycles. The van der Waals surface area contributed by atoms with E-state index in [0.29, 0.717) is 17.1 Å². The second-order valence-corrected chi connectivity index (χ2v) is 6.44. The minimum absolute atomic E-state index is 0.00786. The Morgan fingerprint density at radius 1 is 1.25 bits per heavy atom. The van der Waals surface area contributed by atoms with Crippen LogP contribution in [0.2, 0.25) is 5.02 Å². The fraction of sp³-hybridized carbons (Fsp3) is 0.471. The Hall–Kier alpha value is -2.08. The number of hydrogen-bond acceptors (Lipinski definition) is 3. The van der Waals surface area contributed by atoms with Gasteiger partial charge in [0.05, 0.1) is 0 Å². The third-order valence-electron chi connectivity index (χ3n) is 3.98. The van der Waals surface area contributed by atoms with Crippen molar-refractivity contribution in [3.05, 3.63) is 29.3 Å². The lowest BCUT2D eigenvalue weighted by molar-refractivity contribution is -0.141. The summed E-state index contributed by atoms with van der Waals surface area (Å²) in [5.74, 6) is -0.447. The van der Waals surface area contributed by atoms with Gasteiger partial charge in [0.1, 0.15) is 19.8 Å². The summed E-state index contributed by atoms with van der Waals surface area (Å²) in [4.78, 5) is 41.2. The van der Waals surface area contributed by atoms with Crippen molar-refractivity contribution in [2.24, 2.45) is 0 Å². The number of rotatable bonds is 5. The summed E-state index contributed by atoms with van der Waals surface area (Å²) in [6.45, 7) is 5.71. The van der Waals surface area contributed by atoms with Gasteiger partial charge in [-0.2, -0.15) is 0 Å². The molecule has 0 atom stereocenters. The van der Waals surface area contributed by atoms with Gasteiger partial charge in [0.25, 0.3) is 0 Å². The largest absolute Gasteiger partial charge is 0.331 e. The second kappa shape index (κ2) is 7.66. The number of hydrogen-bond donors (Lipinski definition) is 0. The predicted octanol–water partition coefficient (Wildman–Crippen LogP) is 2.12. The molecule has 6 nitrogen and oxygen atoms in total. The molecule has 1 aromatic rings. The SMILES string of the molecule is CCC(=O)N(CC(=O)N1CC(=O)N(c2ccc(Cl)cc2)C1)C(C)C. The van der Waals surface area contributed by atoms with Gasteiger partial charge < -0.3 is 9.80 Å². The minimum atomic E-state index is -0.227. The van der Waals surface area contributed by atoms with Gasteiger partial charge in [-0.1, -0.05) is 18.5 Å². The summed E-state index contributed by atoms with van der Waals surface area (Å²) >= 11 is 5.86. The van der Waals surface area contributed by atoms with Crippen molar-refractivity contribution in [2.75, 3.05) is 24.7 Å². The average Bonchev–Trinajstić information content (AvgIpc) is 2.94. The maximum Gasteiger partial charge on any atom is 0.248 e. The molecule has 1 aliphatic rings. The van der Waals surface area contributed by atoms with Crippen LogP contribution in [0.3, 0.4) is 0 Å². The van der Waals surface area contributed by atoms with Gasteiger partial charge in [-0.3, -0.25) is 19.3 Å². The van der Waals surface area contributed by atoms with Crippen molar-refractivity contribution in [1.29, 1.82) is 0 Å². The number of nitrogens with zero attached hydrogens (tertiary/aromatic N) is 3. The highest BCUT2D eigenvalue weighted by Gasteiger charge is 2.33. The summed E-state index contributed by atoms with van der Waals surface area (Å²) in [6, 6.07) is 6.83. The highest BCUT2D eigenvalue weighted by atomic mass is 35.5. The first-order valence-corrected chi connectivity index (χ1v) is 8.34. The zero-order valence-electron chi connectivity index (χ0n) is 14.2. The first-order valence-electron chi connectivity index (χ1n) is 7.96. The lowest BCUT2D eigenvalue weighted by atomic mass is 10.2. The van der Waals surface area contributed by atoms with Crippen molar-refractivity contribution < 1.29 is 14.4 Å². The number of amides is 3. The molecule has 1 heterocycles. The van der Waals surface area contributed by atoms with Gasteiger partial charge in [0.15, 0.2) is 0 Å². The Morgan fingerprint density at radius 3 is 2.42 bits per heavy atom. The van der Waals surface area contributed by atoms with E-state index in [1.54, 1.807) is 31.2 Å². The number of benzene rings is 1. The number of anilines is 1. The lowest BCUT2D eigenvalue weighted by Crippen LogP contribution is -2.45. The summed E-state index contributed by atoms with van der Waals surface area (Å²) in [7, 11) is 0.